The van der Waals surface area contributed by atoms with Crippen LogP contribution < -0.4 is 5.32 Å². The fourth-order valence-electron chi connectivity index (χ4n) is 1.15. The minimum atomic E-state index is 0.703. The number of rotatable bonds is 4. The van der Waals surface area contributed by atoms with E-state index >= 15 is 0 Å². The lowest BCUT2D eigenvalue weighted by Crippen LogP contribution is -2.13. The van der Waals surface area contributed by atoms with E-state index in [1.807, 2.05) is 12.1 Å². The molecule has 14 heavy (non-hydrogen) atoms. The molecule has 0 saturated heterocycles. The lowest BCUT2D eigenvalue weighted by atomic mass is 10.4. The SMILES string of the molecule is c1coc(CNCc2cnccn2)c1. The Morgan fingerprint density at radius 1 is 1.29 bits per heavy atom. The Balaban J connectivity index is 1.79. The van der Waals surface area contributed by atoms with E-state index < -0.39 is 0 Å². The van der Waals surface area contributed by atoms with Gasteiger partial charge in [0.2, 0.25) is 0 Å². The first kappa shape index (κ1) is 8.90. The van der Waals surface area contributed by atoms with Crippen molar-refractivity contribution >= 4 is 0 Å². The molecule has 0 spiro atoms. The Labute approximate surface area is 82.0 Å². The third-order valence-corrected chi connectivity index (χ3v) is 1.80. The largest absolute Gasteiger partial charge is 0.468 e. The Kier molecular flexibility index (Phi) is 2.88. The van der Waals surface area contributed by atoms with Crippen molar-refractivity contribution in [2.45, 2.75) is 13.1 Å². The van der Waals surface area contributed by atoms with E-state index in [1.54, 1.807) is 24.9 Å². The average molecular weight is 189 g/mol. The number of nitrogens with zero attached hydrogens (tertiary/aromatic N) is 2. The molecule has 4 heteroatoms. The summed E-state index contributed by atoms with van der Waals surface area (Å²) in [4.78, 5) is 8.12. The summed E-state index contributed by atoms with van der Waals surface area (Å²) in [6.07, 6.45) is 6.76. The molecule has 0 saturated carbocycles. The highest BCUT2D eigenvalue weighted by Crippen LogP contribution is 1.99. The second-order valence-corrected chi connectivity index (χ2v) is 2.88. The second-order valence-electron chi connectivity index (χ2n) is 2.88. The van der Waals surface area contributed by atoms with Crippen LogP contribution in [-0.4, -0.2) is 9.97 Å². The first-order valence-electron chi connectivity index (χ1n) is 4.43. The van der Waals surface area contributed by atoms with E-state index in [0.29, 0.717) is 13.1 Å². The molecule has 2 aromatic heterocycles. The van der Waals surface area contributed by atoms with E-state index in [2.05, 4.69) is 15.3 Å². The van der Waals surface area contributed by atoms with Gasteiger partial charge in [-0.05, 0) is 12.1 Å². The van der Waals surface area contributed by atoms with Crippen molar-refractivity contribution < 1.29 is 4.42 Å². The summed E-state index contributed by atoms with van der Waals surface area (Å²) in [5.74, 6) is 0.925. The first-order chi connectivity index (χ1) is 6.95. The molecule has 0 amide bonds. The monoisotopic (exact) mass is 189 g/mol. The smallest absolute Gasteiger partial charge is 0.117 e. The summed E-state index contributed by atoms with van der Waals surface area (Å²) < 4.78 is 5.17. The third-order valence-electron chi connectivity index (χ3n) is 1.80. The van der Waals surface area contributed by atoms with Gasteiger partial charge in [0.15, 0.2) is 0 Å². The van der Waals surface area contributed by atoms with Crippen molar-refractivity contribution in [1.82, 2.24) is 15.3 Å². The van der Waals surface area contributed by atoms with Gasteiger partial charge in [-0.2, -0.15) is 0 Å². The molecule has 0 aromatic carbocycles. The van der Waals surface area contributed by atoms with Crippen LogP contribution in [0.2, 0.25) is 0 Å². The molecule has 72 valence electrons. The molecule has 1 N–H and O–H groups in total. The molecule has 0 fully saturated rings. The van der Waals surface area contributed by atoms with Gasteiger partial charge in [-0.1, -0.05) is 0 Å². The highest BCUT2D eigenvalue weighted by atomic mass is 16.3. The maximum absolute atomic E-state index is 5.17. The maximum atomic E-state index is 5.17. The van der Waals surface area contributed by atoms with Crippen LogP contribution in [0.5, 0.6) is 0 Å². The summed E-state index contributed by atoms with van der Waals surface area (Å²) in [5.41, 5.74) is 0.930. The molecule has 2 rings (SSSR count). The summed E-state index contributed by atoms with van der Waals surface area (Å²) in [5, 5.41) is 3.21. The first-order valence-corrected chi connectivity index (χ1v) is 4.43. The molecular weight excluding hydrogens is 178 g/mol. The van der Waals surface area contributed by atoms with E-state index in [1.165, 1.54) is 0 Å². The Morgan fingerprint density at radius 3 is 3.00 bits per heavy atom. The lowest BCUT2D eigenvalue weighted by Gasteiger charge is -2.00. The van der Waals surface area contributed by atoms with Crippen LogP contribution in [0.1, 0.15) is 11.5 Å². The molecule has 2 aromatic rings. The van der Waals surface area contributed by atoms with Gasteiger partial charge in [-0.25, -0.2) is 0 Å². The van der Waals surface area contributed by atoms with Gasteiger partial charge in [0.25, 0.3) is 0 Å². The maximum Gasteiger partial charge on any atom is 0.117 e. The van der Waals surface area contributed by atoms with Crippen LogP contribution >= 0.6 is 0 Å². The predicted octanol–water partition coefficient (Wildman–Crippen LogP) is 1.36. The third kappa shape index (κ3) is 2.40. The van der Waals surface area contributed by atoms with E-state index in [-0.39, 0.29) is 0 Å². The van der Waals surface area contributed by atoms with Gasteiger partial charge in [-0.15, -0.1) is 0 Å². The molecule has 0 bridgehead atoms. The summed E-state index contributed by atoms with van der Waals surface area (Å²) >= 11 is 0. The van der Waals surface area contributed by atoms with Crippen molar-refractivity contribution in [1.29, 1.82) is 0 Å². The second kappa shape index (κ2) is 4.53. The summed E-state index contributed by atoms with van der Waals surface area (Å²) in [7, 11) is 0. The topological polar surface area (TPSA) is 51.0 Å². The normalized spacial score (nSPS) is 10.3. The Hall–Kier alpha value is -1.68. The van der Waals surface area contributed by atoms with Crippen molar-refractivity contribution in [3.8, 4) is 0 Å². The Bertz CT molecular complexity index is 358. The van der Waals surface area contributed by atoms with Crippen LogP contribution in [0.4, 0.5) is 0 Å². The number of hydrogen-bond donors (Lipinski definition) is 1. The van der Waals surface area contributed by atoms with Crippen LogP contribution in [0.15, 0.2) is 41.4 Å². The van der Waals surface area contributed by atoms with Crippen molar-refractivity contribution in [3.63, 3.8) is 0 Å². The van der Waals surface area contributed by atoms with Crippen LogP contribution in [-0.2, 0) is 13.1 Å². The molecule has 0 atom stereocenters. The number of nitrogens with one attached hydrogen (secondary N) is 1. The molecule has 0 aliphatic heterocycles. The lowest BCUT2D eigenvalue weighted by molar-refractivity contribution is 0.481. The molecule has 0 radical (unpaired) electrons. The van der Waals surface area contributed by atoms with Crippen molar-refractivity contribution in [3.05, 3.63) is 48.4 Å². The van der Waals surface area contributed by atoms with Gasteiger partial charge in [0.1, 0.15) is 5.76 Å². The van der Waals surface area contributed by atoms with E-state index in [4.69, 9.17) is 4.42 Å². The standard InChI is InChI=1S/C10H11N3O/c1-2-10(14-5-1)8-12-7-9-6-11-3-4-13-9/h1-6,12H,7-8H2. The van der Waals surface area contributed by atoms with Crippen LogP contribution in [0.3, 0.4) is 0 Å². The van der Waals surface area contributed by atoms with Gasteiger partial charge >= 0.3 is 0 Å². The van der Waals surface area contributed by atoms with Crippen molar-refractivity contribution in [2.24, 2.45) is 0 Å². The molecule has 0 unspecified atom stereocenters. The molecule has 2 heterocycles. The highest BCUT2D eigenvalue weighted by molar-refractivity contribution is 4.99. The predicted molar refractivity (Wildman–Crippen MR) is 51.3 cm³/mol. The number of aromatic nitrogens is 2. The van der Waals surface area contributed by atoms with Gasteiger partial charge in [0, 0.05) is 25.1 Å². The van der Waals surface area contributed by atoms with E-state index in [0.717, 1.165) is 11.5 Å². The van der Waals surface area contributed by atoms with Crippen LogP contribution in [0.25, 0.3) is 0 Å². The zero-order valence-corrected chi connectivity index (χ0v) is 7.68. The quantitative estimate of drug-likeness (QED) is 0.789. The minimum absolute atomic E-state index is 0.703. The molecule has 0 aliphatic carbocycles. The average Bonchev–Trinajstić information content (AvgIpc) is 2.72. The van der Waals surface area contributed by atoms with Crippen LogP contribution in [0, 0.1) is 0 Å². The number of hydrogen-bond acceptors (Lipinski definition) is 4. The summed E-state index contributed by atoms with van der Waals surface area (Å²) in [6, 6.07) is 3.81. The molecular formula is C10H11N3O. The zero-order chi connectivity index (χ0) is 9.64. The number of furan rings is 1. The fraction of sp³-hybridized carbons (Fsp3) is 0.200. The zero-order valence-electron chi connectivity index (χ0n) is 7.68. The van der Waals surface area contributed by atoms with E-state index in [9.17, 15) is 0 Å². The van der Waals surface area contributed by atoms with Gasteiger partial charge in [0.05, 0.1) is 18.5 Å². The van der Waals surface area contributed by atoms with Gasteiger partial charge < -0.3 is 9.73 Å². The molecule has 0 aliphatic rings. The fourth-order valence-corrected chi connectivity index (χ4v) is 1.15. The Morgan fingerprint density at radius 2 is 2.29 bits per heavy atom. The van der Waals surface area contributed by atoms with Gasteiger partial charge in [-0.3, -0.25) is 9.97 Å². The van der Waals surface area contributed by atoms with Crippen molar-refractivity contribution in [2.75, 3.05) is 0 Å². The highest BCUT2D eigenvalue weighted by Gasteiger charge is 1.95. The minimum Gasteiger partial charge on any atom is -0.468 e. The summed E-state index contributed by atoms with van der Waals surface area (Å²) in [6.45, 7) is 1.41. The molecule has 4 nitrogen and oxygen atoms in total.